The van der Waals surface area contributed by atoms with Gasteiger partial charge in [0, 0.05) is 38.6 Å². The number of ether oxygens (including phenoxy) is 1. The average molecular weight is 296 g/mol. The molecular formula is C15H24N2O4. The molecule has 2 N–H and O–H groups in total. The number of likely N-dealkylation sites (tertiary alicyclic amines) is 1. The number of amides is 2. The highest BCUT2D eigenvalue weighted by molar-refractivity contribution is 5.83. The third kappa shape index (κ3) is 3.55. The minimum atomic E-state index is -0.923. The van der Waals surface area contributed by atoms with E-state index in [4.69, 9.17) is 4.74 Å². The Kier molecular flexibility index (Phi) is 4.17. The van der Waals surface area contributed by atoms with Gasteiger partial charge in [-0.25, -0.2) is 0 Å². The number of nitrogens with zero attached hydrogens (tertiary/aromatic N) is 1. The summed E-state index contributed by atoms with van der Waals surface area (Å²) in [5, 5.41) is 13.0. The smallest absolute Gasteiger partial charge is 0.225 e. The maximum Gasteiger partial charge on any atom is 0.225 e. The lowest BCUT2D eigenvalue weighted by molar-refractivity contribution is -0.137. The van der Waals surface area contributed by atoms with Crippen LogP contribution in [0.2, 0.25) is 0 Å². The molecule has 3 aliphatic rings. The van der Waals surface area contributed by atoms with E-state index >= 15 is 0 Å². The van der Waals surface area contributed by atoms with Gasteiger partial charge in [-0.15, -0.1) is 0 Å². The van der Waals surface area contributed by atoms with Gasteiger partial charge in [-0.3, -0.25) is 9.59 Å². The molecule has 2 aliphatic heterocycles. The molecule has 118 valence electrons. The first kappa shape index (κ1) is 14.8. The monoisotopic (exact) mass is 296 g/mol. The van der Waals surface area contributed by atoms with Gasteiger partial charge in [0.1, 0.15) is 5.60 Å². The van der Waals surface area contributed by atoms with Crippen LogP contribution in [0.5, 0.6) is 0 Å². The van der Waals surface area contributed by atoms with Crippen molar-refractivity contribution < 1.29 is 19.4 Å². The maximum absolute atomic E-state index is 12.2. The molecule has 0 radical (unpaired) electrons. The summed E-state index contributed by atoms with van der Waals surface area (Å²) in [6.45, 7) is 2.36. The van der Waals surface area contributed by atoms with Gasteiger partial charge in [-0.1, -0.05) is 0 Å². The molecule has 2 amide bonds. The molecule has 2 atom stereocenters. The van der Waals surface area contributed by atoms with E-state index in [1.54, 1.807) is 0 Å². The highest BCUT2D eigenvalue weighted by atomic mass is 16.5. The molecule has 1 saturated carbocycles. The number of aliphatic hydroxyl groups is 1. The first-order valence-electron chi connectivity index (χ1n) is 7.94. The summed E-state index contributed by atoms with van der Waals surface area (Å²) in [5.41, 5.74) is -0.923. The van der Waals surface area contributed by atoms with Gasteiger partial charge in [-0.2, -0.15) is 0 Å². The molecule has 1 aliphatic carbocycles. The van der Waals surface area contributed by atoms with Crippen LogP contribution in [0.15, 0.2) is 0 Å². The van der Waals surface area contributed by atoms with Crippen molar-refractivity contribution >= 4 is 11.8 Å². The molecule has 0 aromatic heterocycles. The van der Waals surface area contributed by atoms with E-state index in [-0.39, 0.29) is 36.8 Å². The second kappa shape index (κ2) is 5.93. The van der Waals surface area contributed by atoms with E-state index in [9.17, 15) is 14.7 Å². The Hall–Kier alpha value is -1.14. The normalized spacial score (nSPS) is 33.0. The quantitative estimate of drug-likeness (QED) is 0.759. The number of nitrogens with one attached hydrogen (secondary N) is 1. The van der Waals surface area contributed by atoms with Crippen molar-refractivity contribution in [1.82, 2.24) is 10.2 Å². The van der Waals surface area contributed by atoms with Gasteiger partial charge < -0.3 is 20.1 Å². The molecule has 0 aromatic rings. The van der Waals surface area contributed by atoms with Crippen molar-refractivity contribution in [2.45, 2.75) is 37.7 Å². The summed E-state index contributed by atoms with van der Waals surface area (Å²) >= 11 is 0. The van der Waals surface area contributed by atoms with Crippen LogP contribution in [0.3, 0.4) is 0 Å². The molecule has 6 nitrogen and oxygen atoms in total. The molecular weight excluding hydrogens is 272 g/mol. The molecule has 0 bridgehead atoms. The standard InChI is InChI=1S/C15H24N2O4/c18-13(16-9-15(20)5-7-21-10-15)12-2-1-6-17(8-12)14(19)11-3-4-11/h11-12,20H,1-10H2,(H,16,18). The van der Waals surface area contributed by atoms with Crippen LogP contribution >= 0.6 is 0 Å². The zero-order chi connectivity index (χ0) is 14.9. The highest BCUT2D eigenvalue weighted by Gasteiger charge is 2.37. The number of piperidine rings is 1. The Bertz CT molecular complexity index is 416. The van der Waals surface area contributed by atoms with E-state index < -0.39 is 5.60 Å². The zero-order valence-corrected chi connectivity index (χ0v) is 12.3. The number of carbonyl (C=O) groups is 2. The lowest BCUT2D eigenvalue weighted by Crippen LogP contribution is -2.49. The summed E-state index contributed by atoms with van der Waals surface area (Å²) in [7, 11) is 0. The number of rotatable bonds is 4. The van der Waals surface area contributed by atoms with E-state index in [2.05, 4.69) is 5.32 Å². The third-order valence-electron chi connectivity index (χ3n) is 4.70. The van der Waals surface area contributed by atoms with Gasteiger partial charge in [0.2, 0.25) is 11.8 Å². The first-order chi connectivity index (χ1) is 10.1. The predicted octanol–water partition coefficient (Wildman–Crippen LogP) is -0.0974. The second-order valence-corrected chi connectivity index (χ2v) is 6.64. The molecule has 3 rings (SSSR count). The fraction of sp³-hybridized carbons (Fsp3) is 0.867. The maximum atomic E-state index is 12.2. The minimum absolute atomic E-state index is 0.0522. The van der Waals surface area contributed by atoms with Gasteiger partial charge in [0.05, 0.1) is 12.5 Å². The van der Waals surface area contributed by atoms with Crippen LogP contribution < -0.4 is 5.32 Å². The summed E-state index contributed by atoms with van der Waals surface area (Å²) < 4.78 is 5.17. The van der Waals surface area contributed by atoms with Gasteiger partial charge in [0.25, 0.3) is 0 Å². The molecule has 0 spiro atoms. The summed E-state index contributed by atoms with van der Waals surface area (Å²) in [6.07, 6.45) is 4.25. The van der Waals surface area contributed by atoms with Crippen molar-refractivity contribution in [3.8, 4) is 0 Å². The molecule has 2 heterocycles. The van der Waals surface area contributed by atoms with Crippen LogP contribution in [0.25, 0.3) is 0 Å². The topological polar surface area (TPSA) is 78.9 Å². The zero-order valence-electron chi connectivity index (χ0n) is 12.3. The lowest BCUT2D eigenvalue weighted by Gasteiger charge is -2.32. The van der Waals surface area contributed by atoms with Crippen molar-refractivity contribution in [2.75, 3.05) is 32.8 Å². The summed E-state index contributed by atoms with van der Waals surface area (Å²) in [4.78, 5) is 26.2. The number of hydrogen-bond acceptors (Lipinski definition) is 4. The SMILES string of the molecule is O=C(NCC1(O)CCOC1)C1CCCN(C(=O)C2CC2)C1. The molecule has 21 heavy (non-hydrogen) atoms. The Morgan fingerprint density at radius 1 is 1.29 bits per heavy atom. The highest BCUT2D eigenvalue weighted by Crippen LogP contribution is 2.32. The Labute approximate surface area is 124 Å². The second-order valence-electron chi connectivity index (χ2n) is 6.64. The molecule has 2 unspecified atom stereocenters. The fourth-order valence-electron chi connectivity index (χ4n) is 3.11. The van der Waals surface area contributed by atoms with Crippen molar-refractivity contribution in [2.24, 2.45) is 11.8 Å². The molecule has 0 aromatic carbocycles. The van der Waals surface area contributed by atoms with Gasteiger partial charge in [-0.05, 0) is 25.7 Å². The summed E-state index contributed by atoms with van der Waals surface area (Å²) in [5.74, 6) is 0.231. The van der Waals surface area contributed by atoms with Crippen LogP contribution in [0.1, 0.15) is 32.1 Å². The largest absolute Gasteiger partial charge is 0.386 e. The van der Waals surface area contributed by atoms with Crippen molar-refractivity contribution in [3.05, 3.63) is 0 Å². The van der Waals surface area contributed by atoms with Crippen molar-refractivity contribution in [1.29, 1.82) is 0 Å². The minimum Gasteiger partial charge on any atom is -0.386 e. The van der Waals surface area contributed by atoms with Gasteiger partial charge in [0.15, 0.2) is 0 Å². The predicted molar refractivity (Wildman–Crippen MR) is 75.4 cm³/mol. The average Bonchev–Trinajstić information content (AvgIpc) is 3.26. The molecule has 6 heteroatoms. The number of carbonyl (C=O) groups excluding carboxylic acids is 2. The number of hydrogen-bond donors (Lipinski definition) is 2. The van der Waals surface area contributed by atoms with E-state index in [1.165, 1.54) is 0 Å². The summed E-state index contributed by atoms with van der Waals surface area (Å²) in [6, 6.07) is 0. The van der Waals surface area contributed by atoms with E-state index in [1.807, 2.05) is 4.90 Å². The van der Waals surface area contributed by atoms with E-state index in [0.29, 0.717) is 19.6 Å². The lowest BCUT2D eigenvalue weighted by atomic mass is 9.96. The Balaban J connectivity index is 1.48. The van der Waals surface area contributed by atoms with Crippen molar-refractivity contribution in [3.63, 3.8) is 0 Å². The third-order valence-corrected chi connectivity index (χ3v) is 4.70. The van der Waals surface area contributed by atoms with Crippen LogP contribution in [0.4, 0.5) is 0 Å². The van der Waals surface area contributed by atoms with Gasteiger partial charge >= 0.3 is 0 Å². The fourth-order valence-corrected chi connectivity index (χ4v) is 3.11. The van der Waals surface area contributed by atoms with Crippen LogP contribution in [-0.2, 0) is 14.3 Å². The van der Waals surface area contributed by atoms with Crippen LogP contribution in [0, 0.1) is 11.8 Å². The van der Waals surface area contributed by atoms with E-state index in [0.717, 1.165) is 32.2 Å². The van der Waals surface area contributed by atoms with Crippen LogP contribution in [-0.4, -0.2) is 60.3 Å². The molecule has 3 fully saturated rings. The first-order valence-corrected chi connectivity index (χ1v) is 7.94. The Morgan fingerprint density at radius 2 is 2.10 bits per heavy atom. The Morgan fingerprint density at radius 3 is 2.76 bits per heavy atom. The molecule has 2 saturated heterocycles.